The van der Waals surface area contributed by atoms with Gasteiger partial charge in [0.05, 0.1) is 0 Å². The Kier molecular flexibility index (Phi) is 3.64. The molecular formula is C18H22N2. The lowest BCUT2D eigenvalue weighted by molar-refractivity contribution is 0.681. The van der Waals surface area contributed by atoms with E-state index in [4.69, 9.17) is 0 Å². The summed E-state index contributed by atoms with van der Waals surface area (Å²) in [6.45, 7) is 5.43. The average Bonchev–Trinajstić information content (AvgIpc) is 2.49. The highest BCUT2D eigenvalue weighted by Crippen LogP contribution is 2.32. The average molecular weight is 266 g/mol. The molecular weight excluding hydrogens is 244 g/mol. The summed E-state index contributed by atoms with van der Waals surface area (Å²) in [6, 6.07) is 18.0. The molecule has 0 bridgehead atoms. The third-order valence-electron chi connectivity index (χ3n) is 4.03. The van der Waals surface area contributed by atoms with Crippen LogP contribution in [0.5, 0.6) is 0 Å². The monoisotopic (exact) mass is 266 g/mol. The second kappa shape index (κ2) is 5.58. The van der Waals surface area contributed by atoms with E-state index in [1.807, 2.05) is 0 Å². The van der Waals surface area contributed by atoms with Gasteiger partial charge in [-0.3, -0.25) is 0 Å². The van der Waals surface area contributed by atoms with Gasteiger partial charge in [-0.15, -0.1) is 0 Å². The van der Waals surface area contributed by atoms with Crippen LogP contribution in [0.1, 0.15) is 25.8 Å². The molecule has 0 amide bonds. The molecule has 0 saturated heterocycles. The van der Waals surface area contributed by atoms with Crippen molar-refractivity contribution in [2.75, 3.05) is 16.8 Å². The standard InChI is InChI=1S/C18H22N2/c1-3-20(16-7-5-4-6-8-16)17-11-12-18-15(13-17)10-9-14(2)19-18/h4-8,11-14,19H,3,9-10H2,1-2H3. The van der Waals surface area contributed by atoms with Gasteiger partial charge < -0.3 is 10.2 Å². The van der Waals surface area contributed by atoms with Crippen LogP contribution in [0.25, 0.3) is 0 Å². The van der Waals surface area contributed by atoms with E-state index in [9.17, 15) is 0 Å². The van der Waals surface area contributed by atoms with Crippen molar-refractivity contribution >= 4 is 17.1 Å². The summed E-state index contributed by atoms with van der Waals surface area (Å²) in [4.78, 5) is 2.36. The SMILES string of the molecule is CCN(c1ccccc1)c1ccc2c(c1)CCC(C)N2. The Bertz CT molecular complexity index is 577. The van der Waals surface area contributed by atoms with Crippen LogP contribution in [0.2, 0.25) is 0 Å². The second-order valence-electron chi connectivity index (χ2n) is 5.51. The van der Waals surface area contributed by atoms with Crippen molar-refractivity contribution < 1.29 is 0 Å². The highest BCUT2D eigenvalue weighted by Gasteiger charge is 2.16. The zero-order valence-corrected chi connectivity index (χ0v) is 12.3. The molecule has 1 heterocycles. The molecule has 1 atom stereocenters. The fraction of sp³-hybridized carbons (Fsp3) is 0.333. The first-order chi connectivity index (χ1) is 9.78. The Balaban J connectivity index is 1.93. The van der Waals surface area contributed by atoms with Gasteiger partial charge in [-0.2, -0.15) is 0 Å². The van der Waals surface area contributed by atoms with E-state index >= 15 is 0 Å². The molecule has 2 aromatic carbocycles. The van der Waals surface area contributed by atoms with Crippen molar-refractivity contribution in [3.05, 3.63) is 54.1 Å². The number of anilines is 3. The van der Waals surface area contributed by atoms with E-state index in [-0.39, 0.29) is 0 Å². The summed E-state index contributed by atoms with van der Waals surface area (Å²) >= 11 is 0. The number of hydrogen-bond donors (Lipinski definition) is 1. The van der Waals surface area contributed by atoms with Gasteiger partial charge in [0.2, 0.25) is 0 Å². The first kappa shape index (κ1) is 13.0. The summed E-state index contributed by atoms with van der Waals surface area (Å²) in [5.41, 5.74) is 5.28. The Labute approximate surface area is 121 Å². The second-order valence-corrected chi connectivity index (χ2v) is 5.51. The number of fused-ring (bicyclic) bond motifs is 1. The van der Waals surface area contributed by atoms with Crippen LogP contribution in [0, 0.1) is 0 Å². The number of rotatable bonds is 3. The summed E-state index contributed by atoms with van der Waals surface area (Å²) in [6.07, 6.45) is 2.39. The van der Waals surface area contributed by atoms with Crippen molar-refractivity contribution in [3.8, 4) is 0 Å². The van der Waals surface area contributed by atoms with Crippen molar-refractivity contribution in [2.45, 2.75) is 32.7 Å². The zero-order chi connectivity index (χ0) is 13.9. The number of hydrogen-bond acceptors (Lipinski definition) is 2. The van der Waals surface area contributed by atoms with E-state index in [0.717, 1.165) is 6.54 Å². The third kappa shape index (κ3) is 2.51. The number of nitrogens with one attached hydrogen (secondary N) is 1. The molecule has 0 radical (unpaired) electrons. The van der Waals surface area contributed by atoms with Gasteiger partial charge in [0, 0.05) is 29.6 Å². The van der Waals surface area contributed by atoms with Crippen LogP contribution >= 0.6 is 0 Å². The number of aryl methyl sites for hydroxylation is 1. The normalized spacial score (nSPS) is 17.2. The highest BCUT2D eigenvalue weighted by atomic mass is 15.1. The topological polar surface area (TPSA) is 15.3 Å². The largest absolute Gasteiger partial charge is 0.382 e. The van der Waals surface area contributed by atoms with Crippen molar-refractivity contribution in [1.29, 1.82) is 0 Å². The number of benzene rings is 2. The maximum absolute atomic E-state index is 3.57. The quantitative estimate of drug-likeness (QED) is 0.874. The molecule has 3 rings (SSSR count). The number of nitrogens with zero attached hydrogens (tertiary/aromatic N) is 1. The van der Waals surface area contributed by atoms with Crippen LogP contribution < -0.4 is 10.2 Å². The summed E-state index contributed by atoms with van der Waals surface area (Å²) < 4.78 is 0. The highest BCUT2D eigenvalue weighted by molar-refractivity contribution is 5.68. The molecule has 0 aromatic heterocycles. The zero-order valence-electron chi connectivity index (χ0n) is 12.3. The Hall–Kier alpha value is -1.96. The molecule has 2 aromatic rings. The molecule has 1 unspecified atom stereocenters. The Morgan fingerprint density at radius 2 is 1.90 bits per heavy atom. The molecule has 2 nitrogen and oxygen atoms in total. The van der Waals surface area contributed by atoms with Crippen LogP contribution in [0.15, 0.2) is 48.5 Å². The van der Waals surface area contributed by atoms with Crippen LogP contribution in [0.3, 0.4) is 0 Å². The molecule has 0 fully saturated rings. The lowest BCUT2D eigenvalue weighted by Crippen LogP contribution is -2.22. The van der Waals surface area contributed by atoms with Gasteiger partial charge in [-0.25, -0.2) is 0 Å². The van der Waals surface area contributed by atoms with E-state index in [0.29, 0.717) is 6.04 Å². The van der Waals surface area contributed by atoms with Crippen molar-refractivity contribution in [1.82, 2.24) is 0 Å². The molecule has 0 aliphatic carbocycles. The van der Waals surface area contributed by atoms with E-state index in [1.165, 1.54) is 35.5 Å². The third-order valence-corrected chi connectivity index (χ3v) is 4.03. The smallest absolute Gasteiger partial charge is 0.0414 e. The Morgan fingerprint density at radius 1 is 1.10 bits per heavy atom. The van der Waals surface area contributed by atoms with E-state index in [1.54, 1.807) is 0 Å². The van der Waals surface area contributed by atoms with Gasteiger partial charge in [-0.05, 0) is 62.6 Å². The summed E-state index contributed by atoms with van der Waals surface area (Å²) in [7, 11) is 0. The maximum Gasteiger partial charge on any atom is 0.0414 e. The van der Waals surface area contributed by atoms with Gasteiger partial charge in [-0.1, -0.05) is 18.2 Å². The summed E-state index contributed by atoms with van der Waals surface area (Å²) in [5, 5.41) is 3.57. The van der Waals surface area contributed by atoms with Crippen LogP contribution in [-0.2, 0) is 6.42 Å². The summed E-state index contributed by atoms with van der Waals surface area (Å²) in [5.74, 6) is 0. The molecule has 20 heavy (non-hydrogen) atoms. The van der Waals surface area contributed by atoms with Gasteiger partial charge in [0.15, 0.2) is 0 Å². The first-order valence-corrected chi connectivity index (χ1v) is 7.50. The maximum atomic E-state index is 3.57. The van der Waals surface area contributed by atoms with E-state index < -0.39 is 0 Å². The molecule has 2 heteroatoms. The predicted molar refractivity (Wildman–Crippen MR) is 87.0 cm³/mol. The fourth-order valence-electron chi connectivity index (χ4n) is 2.93. The van der Waals surface area contributed by atoms with Crippen molar-refractivity contribution in [3.63, 3.8) is 0 Å². The predicted octanol–water partition coefficient (Wildman–Crippen LogP) is 4.59. The fourth-order valence-corrected chi connectivity index (χ4v) is 2.93. The molecule has 1 aliphatic rings. The molecule has 104 valence electrons. The molecule has 1 aliphatic heterocycles. The van der Waals surface area contributed by atoms with Gasteiger partial charge in [0.25, 0.3) is 0 Å². The lowest BCUT2D eigenvalue weighted by Gasteiger charge is -2.28. The minimum Gasteiger partial charge on any atom is -0.382 e. The van der Waals surface area contributed by atoms with E-state index in [2.05, 4.69) is 72.6 Å². The molecule has 1 N–H and O–H groups in total. The van der Waals surface area contributed by atoms with Crippen LogP contribution in [0.4, 0.5) is 17.1 Å². The van der Waals surface area contributed by atoms with Crippen LogP contribution in [-0.4, -0.2) is 12.6 Å². The van der Waals surface area contributed by atoms with Crippen molar-refractivity contribution in [2.24, 2.45) is 0 Å². The minimum atomic E-state index is 0.588. The first-order valence-electron chi connectivity index (χ1n) is 7.50. The lowest BCUT2D eigenvalue weighted by atomic mass is 9.98. The minimum absolute atomic E-state index is 0.588. The number of para-hydroxylation sites is 1. The molecule has 0 saturated carbocycles. The molecule has 0 spiro atoms. The van der Waals surface area contributed by atoms with Gasteiger partial charge in [0.1, 0.15) is 0 Å². The Morgan fingerprint density at radius 3 is 2.65 bits per heavy atom. The van der Waals surface area contributed by atoms with Gasteiger partial charge >= 0.3 is 0 Å².